The van der Waals surface area contributed by atoms with Crippen LogP contribution in [0.2, 0.25) is 0 Å². The molecule has 0 aliphatic carbocycles. The molecule has 2 fully saturated rings. The van der Waals surface area contributed by atoms with E-state index in [-0.39, 0.29) is 12.1 Å². The van der Waals surface area contributed by atoms with Crippen molar-refractivity contribution in [2.45, 2.75) is 50.9 Å². The Morgan fingerprint density at radius 2 is 1.60 bits per heavy atom. The summed E-state index contributed by atoms with van der Waals surface area (Å²) < 4.78 is 5.83. The second kappa shape index (κ2) is 6.56. The van der Waals surface area contributed by atoms with Gasteiger partial charge in [-0.3, -0.25) is 4.90 Å². The molecule has 2 aliphatic rings. The average Bonchev–Trinajstić information content (AvgIpc) is 2.56. The van der Waals surface area contributed by atoms with E-state index in [9.17, 15) is 5.11 Å². The first-order valence-corrected chi connectivity index (χ1v) is 9.22. The Hall–Kier alpha value is -1.68. The van der Waals surface area contributed by atoms with Gasteiger partial charge in [0.1, 0.15) is 0 Å². The van der Waals surface area contributed by atoms with Gasteiger partial charge in [0.15, 0.2) is 0 Å². The molecule has 3 heteroatoms. The van der Waals surface area contributed by atoms with Crippen LogP contribution in [0.5, 0.6) is 0 Å². The van der Waals surface area contributed by atoms with Crippen molar-refractivity contribution in [3.05, 3.63) is 70.8 Å². The Kier molecular flexibility index (Phi) is 4.40. The minimum atomic E-state index is -0.747. The number of nitrogens with zero attached hydrogens (tertiary/aromatic N) is 1. The van der Waals surface area contributed by atoms with Crippen molar-refractivity contribution in [1.82, 2.24) is 4.90 Å². The molecular weight excluding hydrogens is 310 g/mol. The van der Waals surface area contributed by atoms with Gasteiger partial charge in [-0.05, 0) is 37.8 Å². The van der Waals surface area contributed by atoms with Gasteiger partial charge in [-0.25, -0.2) is 0 Å². The van der Waals surface area contributed by atoms with Crippen molar-refractivity contribution in [2.24, 2.45) is 0 Å². The Bertz CT molecular complexity index is 709. The second-order valence-corrected chi connectivity index (χ2v) is 7.82. The highest BCUT2D eigenvalue weighted by atomic mass is 16.5. The number of hydrogen-bond donors (Lipinski definition) is 1. The topological polar surface area (TPSA) is 32.7 Å². The highest BCUT2D eigenvalue weighted by Crippen LogP contribution is 2.42. The average molecular weight is 337 g/mol. The predicted octanol–water partition coefficient (Wildman–Crippen LogP) is 3.55. The van der Waals surface area contributed by atoms with Crippen molar-refractivity contribution in [2.75, 3.05) is 13.2 Å². The van der Waals surface area contributed by atoms with Gasteiger partial charge in [0, 0.05) is 18.6 Å². The van der Waals surface area contributed by atoms with E-state index in [1.165, 1.54) is 16.7 Å². The van der Waals surface area contributed by atoms with Gasteiger partial charge in [0.05, 0.1) is 18.8 Å². The van der Waals surface area contributed by atoms with Gasteiger partial charge in [0.2, 0.25) is 0 Å². The normalized spacial score (nSPS) is 29.6. The van der Waals surface area contributed by atoms with Gasteiger partial charge < -0.3 is 9.84 Å². The summed E-state index contributed by atoms with van der Waals surface area (Å²) in [6.07, 6.45) is 1.47. The van der Waals surface area contributed by atoms with Crippen LogP contribution < -0.4 is 0 Å². The van der Waals surface area contributed by atoms with Crippen molar-refractivity contribution >= 4 is 0 Å². The molecule has 0 radical (unpaired) electrons. The van der Waals surface area contributed by atoms with E-state index >= 15 is 0 Å². The van der Waals surface area contributed by atoms with Crippen LogP contribution in [-0.4, -0.2) is 35.3 Å². The zero-order valence-corrected chi connectivity index (χ0v) is 15.1. The van der Waals surface area contributed by atoms with Crippen molar-refractivity contribution in [1.29, 1.82) is 0 Å². The Morgan fingerprint density at radius 1 is 1.00 bits per heavy atom. The lowest BCUT2D eigenvalue weighted by molar-refractivity contribution is -0.149. The molecule has 0 spiro atoms. The first kappa shape index (κ1) is 16.8. The van der Waals surface area contributed by atoms with E-state index in [1.807, 2.05) is 0 Å². The fourth-order valence-corrected chi connectivity index (χ4v) is 4.58. The maximum Gasteiger partial charge on any atom is 0.0928 e. The SMILES string of the molecule is Cc1cc(C)cc(C2(O)CC3COCC(C2)N3Cc2ccccc2)c1. The molecule has 0 amide bonds. The van der Waals surface area contributed by atoms with Crippen LogP contribution in [0.1, 0.15) is 35.1 Å². The van der Waals surface area contributed by atoms with Crippen LogP contribution in [0.25, 0.3) is 0 Å². The molecule has 2 aromatic rings. The summed E-state index contributed by atoms with van der Waals surface area (Å²) in [5.41, 5.74) is 4.09. The maximum atomic E-state index is 11.5. The van der Waals surface area contributed by atoms with Crippen LogP contribution in [-0.2, 0) is 16.9 Å². The van der Waals surface area contributed by atoms with E-state index in [2.05, 4.69) is 67.3 Å². The van der Waals surface area contributed by atoms with E-state index in [1.54, 1.807) is 0 Å². The minimum absolute atomic E-state index is 0.263. The lowest BCUT2D eigenvalue weighted by atomic mass is 9.76. The summed E-state index contributed by atoms with van der Waals surface area (Å²) in [5.74, 6) is 0. The third kappa shape index (κ3) is 3.37. The monoisotopic (exact) mass is 337 g/mol. The number of piperidine rings is 1. The number of aliphatic hydroxyl groups is 1. The fraction of sp³-hybridized carbons (Fsp3) is 0.455. The summed E-state index contributed by atoms with van der Waals surface area (Å²) in [6.45, 7) is 6.55. The van der Waals surface area contributed by atoms with E-state index in [4.69, 9.17) is 4.74 Å². The van der Waals surface area contributed by atoms with Crippen LogP contribution in [0, 0.1) is 13.8 Å². The summed E-state index contributed by atoms with van der Waals surface area (Å²) >= 11 is 0. The predicted molar refractivity (Wildman–Crippen MR) is 99.4 cm³/mol. The third-order valence-electron chi connectivity index (χ3n) is 5.67. The van der Waals surface area contributed by atoms with Crippen LogP contribution in [0.15, 0.2) is 48.5 Å². The quantitative estimate of drug-likeness (QED) is 0.930. The van der Waals surface area contributed by atoms with Crippen LogP contribution in [0.3, 0.4) is 0 Å². The Morgan fingerprint density at radius 3 is 2.20 bits per heavy atom. The molecule has 0 aromatic heterocycles. The second-order valence-electron chi connectivity index (χ2n) is 7.82. The number of aryl methyl sites for hydroxylation is 2. The number of fused-ring (bicyclic) bond motifs is 2. The summed E-state index contributed by atoms with van der Waals surface area (Å²) in [4.78, 5) is 2.54. The molecular formula is C22H27NO2. The van der Waals surface area contributed by atoms with Gasteiger partial charge in [0.25, 0.3) is 0 Å². The molecule has 2 unspecified atom stereocenters. The highest BCUT2D eigenvalue weighted by Gasteiger charge is 2.46. The molecule has 2 saturated heterocycles. The molecule has 0 saturated carbocycles. The number of rotatable bonds is 3. The molecule has 2 heterocycles. The third-order valence-corrected chi connectivity index (χ3v) is 5.67. The van der Waals surface area contributed by atoms with Gasteiger partial charge in [-0.2, -0.15) is 0 Å². The largest absolute Gasteiger partial charge is 0.385 e. The van der Waals surface area contributed by atoms with Crippen molar-refractivity contribution < 1.29 is 9.84 Å². The lowest BCUT2D eigenvalue weighted by Gasteiger charge is -2.52. The molecule has 1 N–H and O–H groups in total. The number of hydrogen-bond acceptors (Lipinski definition) is 3. The molecule has 2 atom stereocenters. The standard InChI is InChI=1S/C22H27NO2/c1-16-8-17(2)10-19(9-16)22(24)11-20-14-25-15-21(12-22)23(20)13-18-6-4-3-5-7-18/h3-10,20-21,24H,11-15H2,1-2H3. The fourth-order valence-electron chi connectivity index (χ4n) is 4.58. The first-order chi connectivity index (χ1) is 12.0. The van der Waals surface area contributed by atoms with E-state index < -0.39 is 5.60 Å². The Balaban J connectivity index is 1.60. The number of morpholine rings is 1. The van der Waals surface area contributed by atoms with Gasteiger partial charge >= 0.3 is 0 Å². The molecule has 2 aliphatic heterocycles. The van der Waals surface area contributed by atoms with Gasteiger partial charge in [-0.15, -0.1) is 0 Å². The molecule has 2 bridgehead atoms. The Labute approximate surface area is 150 Å². The lowest BCUT2D eigenvalue weighted by Crippen LogP contribution is -2.60. The van der Waals surface area contributed by atoms with Crippen molar-refractivity contribution in [3.63, 3.8) is 0 Å². The minimum Gasteiger partial charge on any atom is -0.385 e. The number of ether oxygens (including phenoxy) is 1. The molecule has 132 valence electrons. The maximum absolute atomic E-state index is 11.5. The number of benzene rings is 2. The molecule has 3 nitrogen and oxygen atoms in total. The summed E-state index contributed by atoms with van der Waals surface area (Å²) in [7, 11) is 0. The van der Waals surface area contributed by atoms with E-state index in [0.29, 0.717) is 13.2 Å². The zero-order chi connectivity index (χ0) is 17.4. The first-order valence-electron chi connectivity index (χ1n) is 9.22. The van der Waals surface area contributed by atoms with E-state index in [0.717, 1.165) is 24.9 Å². The smallest absolute Gasteiger partial charge is 0.0928 e. The van der Waals surface area contributed by atoms with Crippen LogP contribution in [0.4, 0.5) is 0 Å². The van der Waals surface area contributed by atoms with Crippen molar-refractivity contribution in [3.8, 4) is 0 Å². The van der Waals surface area contributed by atoms with Crippen LogP contribution >= 0.6 is 0 Å². The highest BCUT2D eigenvalue weighted by molar-refractivity contribution is 5.33. The molecule has 4 rings (SSSR count). The molecule has 2 aromatic carbocycles. The van der Waals surface area contributed by atoms with Gasteiger partial charge in [-0.1, -0.05) is 59.7 Å². The summed E-state index contributed by atoms with van der Waals surface area (Å²) in [5, 5.41) is 11.5. The molecule has 25 heavy (non-hydrogen) atoms. The summed E-state index contributed by atoms with van der Waals surface area (Å²) in [6, 6.07) is 17.6. The zero-order valence-electron chi connectivity index (χ0n) is 15.1.